The van der Waals surface area contributed by atoms with Gasteiger partial charge in [-0.05, 0) is 19.8 Å². The van der Waals surface area contributed by atoms with Crippen LogP contribution in [-0.2, 0) is 19.1 Å². The maximum absolute atomic E-state index is 12.7. The third kappa shape index (κ3) is 6.55. The van der Waals surface area contributed by atoms with Gasteiger partial charge in [0, 0.05) is 36.6 Å². The van der Waals surface area contributed by atoms with Crippen molar-refractivity contribution in [3.8, 4) is 0 Å². The van der Waals surface area contributed by atoms with Crippen molar-refractivity contribution in [1.29, 1.82) is 0 Å². The number of carbonyl (C=O) groups excluding carboxylic acids is 3. The van der Waals surface area contributed by atoms with Gasteiger partial charge in [0.05, 0.1) is 12.7 Å². The molecule has 30 heavy (non-hydrogen) atoms. The number of Topliss-reactive ketones (excluding diaryl/α,β-unsaturated/α-hetero) is 1. The second-order valence-corrected chi connectivity index (χ2v) is 7.23. The number of rotatable bonds is 9. The maximum atomic E-state index is 12.7. The van der Waals surface area contributed by atoms with Crippen LogP contribution in [0.1, 0.15) is 49.0 Å². The third-order valence-corrected chi connectivity index (χ3v) is 5.02. The molecule has 1 aliphatic rings. The van der Waals surface area contributed by atoms with E-state index in [1.807, 2.05) is 0 Å². The Labute approximate surface area is 175 Å². The molecule has 2 rings (SSSR count). The lowest BCUT2D eigenvalue weighted by Crippen LogP contribution is -2.43. The topological polar surface area (TPSA) is 132 Å². The van der Waals surface area contributed by atoms with Crippen LogP contribution < -0.4 is 5.73 Å². The molecule has 0 spiro atoms. The van der Waals surface area contributed by atoms with E-state index in [-0.39, 0.29) is 42.6 Å². The van der Waals surface area contributed by atoms with Gasteiger partial charge in [-0.1, -0.05) is 36.3 Å². The number of amides is 1. The first kappa shape index (κ1) is 23.3. The van der Waals surface area contributed by atoms with E-state index in [9.17, 15) is 14.4 Å². The van der Waals surface area contributed by atoms with Crippen LogP contribution in [0.5, 0.6) is 0 Å². The number of carbonyl (C=O) groups is 3. The predicted molar refractivity (Wildman–Crippen MR) is 109 cm³/mol. The van der Waals surface area contributed by atoms with Gasteiger partial charge < -0.3 is 25.3 Å². The van der Waals surface area contributed by atoms with Crippen molar-refractivity contribution in [3.63, 3.8) is 0 Å². The van der Waals surface area contributed by atoms with Crippen molar-refractivity contribution < 1.29 is 29.1 Å². The third-order valence-electron chi connectivity index (χ3n) is 5.02. The Balaban J connectivity index is 1.80. The predicted octanol–water partition coefficient (Wildman–Crippen LogP) is 1.56. The fraction of sp³-hybridized carbons (Fsp3) is 0.524. The Bertz CT molecular complexity index is 769. The molecule has 3 N–H and O–H groups in total. The molecule has 1 unspecified atom stereocenters. The molecule has 0 bridgehead atoms. The second kappa shape index (κ2) is 11.3. The zero-order valence-corrected chi connectivity index (χ0v) is 17.4. The molecule has 0 radical (unpaired) electrons. The van der Waals surface area contributed by atoms with Crippen LogP contribution in [0.15, 0.2) is 29.4 Å². The highest BCUT2D eigenvalue weighted by Crippen LogP contribution is 2.19. The normalized spacial score (nSPS) is 16.2. The van der Waals surface area contributed by atoms with E-state index < -0.39 is 5.92 Å². The minimum absolute atomic E-state index is 0.0350. The Kier molecular flexibility index (Phi) is 8.79. The standard InChI is InChI=1S/C21H29N3O6/c1-3-29-19(26)13-30-17-8-10-24(11-9-17)21(27)14(2)12-18(25)15-4-6-16(7-5-15)20(22)23-28/h4-7,14,17,28H,3,8-13H2,1-2H3,(H2,22,23). The number of amidine groups is 1. The first-order chi connectivity index (χ1) is 14.3. The molecule has 0 saturated carbocycles. The van der Waals surface area contributed by atoms with E-state index in [2.05, 4.69) is 5.16 Å². The summed E-state index contributed by atoms with van der Waals surface area (Å²) >= 11 is 0. The van der Waals surface area contributed by atoms with E-state index in [1.54, 1.807) is 43.0 Å². The number of esters is 1. The molecule has 1 aliphatic heterocycles. The first-order valence-electron chi connectivity index (χ1n) is 10.0. The van der Waals surface area contributed by atoms with Crippen molar-refractivity contribution in [2.24, 2.45) is 16.8 Å². The summed E-state index contributed by atoms with van der Waals surface area (Å²) in [5.41, 5.74) is 6.49. The van der Waals surface area contributed by atoms with Gasteiger partial charge in [0.25, 0.3) is 0 Å². The van der Waals surface area contributed by atoms with Crippen LogP contribution in [0.25, 0.3) is 0 Å². The summed E-state index contributed by atoms with van der Waals surface area (Å²) in [6.07, 6.45) is 1.30. The molecule has 1 saturated heterocycles. The molecule has 0 aromatic heterocycles. The molecule has 164 valence electrons. The van der Waals surface area contributed by atoms with Crippen LogP contribution in [-0.4, -0.2) is 66.0 Å². The Morgan fingerprint density at radius 1 is 1.20 bits per heavy atom. The molecule has 1 fully saturated rings. The zero-order chi connectivity index (χ0) is 22.1. The first-order valence-corrected chi connectivity index (χ1v) is 10.0. The van der Waals surface area contributed by atoms with Crippen LogP contribution in [0, 0.1) is 5.92 Å². The molecular weight excluding hydrogens is 390 g/mol. The summed E-state index contributed by atoms with van der Waals surface area (Å²) in [6, 6.07) is 6.38. The van der Waals surface area contributed by atoms with Crippen LogP contribution >= 0.6 is 0 Å². The van der Waals surface area contributed by atoms with Crippen molar-refractivity contribution in [2.45, 2.75) is 39.2 Å². The van der Waals surface area contributed by atoms with Gasteiger partial charge in [0.15, 0.2) is 11.6 Å². The van der Waals surface area contributed by atoms with Gasteiger partial charge in [0.1, 0.15) is 6.61 Å². The number of benzene rings is 1. The summed E-state index contributed by atoms with van der Waals surface area (Å²) in [7, 11) is 0. The molecule has 9 heteroatoms. The average Bonchev–Trinajstić information content (AvgIpc) is 2.77. The molecule has 0 aliphatic carbocycles. The molecule has 1 heterocycles. The number of likely N-dealkylation sites (tertiary alicyclic amines) is 1. The van der Waals surface area contributed by atoms with Crippen molar-refractivity contribution in [3.05, 3.63) is 35.4 Å². The summed E-state index contributed by atoms with van der Waals surface area (Å²) in [5.74, 6) is -1.08. The van der Waals surface area contributed by atoms with E-state index in [0.717, 1.165) is 0 Å². The summed E-state index contributed by atoms with van der Waals surface area (Å²) < 4.78 is 10.4. The van der Waals surface area contributed by atoms with Gasteiger partial charge in [-0.25, -0.2) is 4.79 Å². The highest BCUT2D eigenvalue weighted by Gasteiger charge is 2.28. The van der Waals surface area contributed by atoms with Crippen molar-refractivity contribution >= 4 is 23.5 Å². The van der Waals surface area contributed by atoms with Crippen LogP contribution in [0.4, 0.5) is 0 Å². The highest BCUT2D eigenvalue weighted by atomic mass is 16.6. The summed E-state index contributed by atoms with van der Waals surface area (Å²) in [5, 5.41) is 11.6. The fourth-order valence-corrected chi connectivity index (χ4v) is 3.31. The second-order valence-electron chi connectivity index (χ2n) is 7.23. The van der Waals surface area contributed by atoms with Gasteiger partial charge in [-0.3, -0.25) is 9.59 Å². The van der Waals surface area contributed by atoms with Gasteiger partial charge in [-0.2, -0.15) is 0 Å². The van der Waals surface area contributed by atoms with Gasteiger partial charge in [-0.15, -0.1) is 0 Å². The quantitative estimate of drug-likeness (QED) is 0.155. The van der Waals surface area contributed by atoms with Gasteiger partial charge >= 0.3 is 5.97 Å². The zero-order valence-electron chi connectivity index (χ0n) is 17.4. The molecule has 1 amide bonds. The monoisotopic (exact) mass is 419 g/mol. The number of piperidine rings is 1. The molecule has 9 nitrogen and oxygen atoms in total. The number of nitrogens with two attached hydrogens (primary N) is 1. The number of ether oxygens (including phenoxy) is 2. The fourth-order valence-electron chi connectivity index (χ4n) is 3.31. The molecular formula is C21H29N3O6. The Hall–Kier alpha value is -2.94. The molecule has 1 aromatic rings. The van der Waals surface area contributed by atoms with Crippen LogP contribution in [0.3, 0.4) is 0 Å². The lowest BCUT2D eigenvalue weighted by molar-refractivity contribution is -0.152. The SMILES string of the molecule is CCOC(=O)COC1CCN(C(=O)C(C)CC(=O)c2ccc(/C(N)=N/O)cc2)CC1. The summed E-state index contributed by atoms with van der Waals surface area (Å²) in [4.78, 5) is 38.3. The van der Waals surface area contributed by atoms with E-state index in [4.69, 9.17) is 20.4 Å². The van der Waals surface area contributed by atoms with E-state index in [0.29, 0.717) is 43.7 Å². The van der Waals surface area contributed by atoms with E-state index >= 15 is 0 Å². The number of nitrogens with zero attached hydrogens (tertiary/aromatic N) is 2. The molecule has 1 aromatic carbocycles. The van der Waals surface area contributed by atoms with Gasteiger partial charge in [0.2, 0.25) is 5.91 Å². The smallest absolute Gasteiger partial charge is 0.332 e. The van der Waals surface area contributed by atoms with E-state index in [1.165, 1.54) is 0 Å². The van der Waals surface area contributed by atoms with Crippen LogP contribution in [0.2, 0.25) is 0 Å². The maximum Gasteiger partial charge on any atom is 0.332 e. The minimum atomic E-state index is -0.446. The average molecular weight is 419 g/mol. The minimum Gasteiger partial charge on any atom is -0.464 e. The number of hydrogen-bond donors (Lipinski definition) is 2. The van der Waals surface area contributed by atoms with Crippen molar-refractivity contribution in [1.82, 2.24) is 4.90 Å². The Morgan fingerprint density at radius 2 is 1.80 bits per heavy atom. The summed E-state index contributed by atoms with van der Waals surface area (Å²) in [6.45, 7) is 4.78. The highest BCUT2D eigenvalue weighted by molar-refractivity contribution is 6.01. The Morgan fingerprint density at radius 3 is 2.37 bits per heavy atom. The lowest BCUT2D eigenvalue weighted by Gasteiger charge is -2.33. The lowest BCUT2D eigenvalue weighted by atomic mass is 9.96. The number of oxime groups is 1. The largest absolute Gasteiger partial charge is 0.464 e. The molecule has 1 atom stereocenters. The van der Waals surface area contributed by atoms with Crippen molar-refractivity contribution in [2.75, 3.05) is 26.3 Å². The number of ketones is 1. The number of hydrogen-bond acceptors (Lipinski definition) is 7.